The molecule has 0 aliphatic carbocycles. The van der Waals surface area contributed by atoms with Crippen LogP contribution in [0.5, 0.6) is 0 Å². The van der Waals surface area contributed by atoms with E-state index in [4.69, 9.17) is 8.83 Å². The Hall–Kier alpha value is -8.00. The lowest BCUT2D eigenvalue weighted by molar-refractivity contribution is 0.590. The number of benzene rings is 9. The van der Waals surface area contributed by atoms with Gasteiger partial charge in [0.25, 0.3) is 6.71 Å². The molecule has 0 amide bonds. The van der Waals surface area contributed by atoms with Gasteiger partial charge in [0.2, 0.25) is 0 Å². The number of thiophene rings is 1. The van der Waals surface area contributed by atoms with Crippen molar-refractivity contribution in [2.45, 2.75) is 78.6 Å². The van der Waals surface area contributed by atoms with Crippen molar-refractivity contribution in [3.8, 4) is 5.69 Å². The first-order valence-electron chi connectivity index (χ1n) is 26.4. The molecule has 364 valence electrons. The Labute approximate surface area is 441 Å². The van der Waals surface area contributed by atoms with Crippen molar-refractivity contribution < 1.29 is 8.83 Å². The summed E-state index contributed by atoms with van der Waals surface area (Å²) in [6, 6.07) is 65.8. The van der Waals surface area contributed by atoms with Crippen LogP contribution < -0.4 is 25.5 Å². The molecule has 0 saturated heterocycles. The minimum absolute atomic E-state index is 0.0139. The molecule has 13 aromatic rings. The van der Waals surface area contributed by atoms with Gasteiger partial charge in [0.1, 0.15) is 16.7 Å². The van der Waals surface area contributed by atoms with Crippen LogP contribution in [-0.4, -0.2) is 11.3 Å². The van der Waals surface area contributed by atoms with Gasteiger partial charge in [0.05, 0.1) is 38.9 Å². The summed E-state index contributed by atoms with van der Waals surface area (Å²) >= 11 is 1.94. The largest absolute Gasteiger partial charge is 0.455 e. The summed E-state index contributed by atoms with van der Waals surface area (Å²) in [6.45, 7) is 20.6. The fourth-order valence-corrected chi connectivity index (χ4v) is 14.0. The van der Waals surface area contributed by atoms with E-state index in [0.29, 0.717) is 0 Å². The average molecular weight is 990 g/mol. The maximum Gasteiger partial charge on any atom is 0.264 e. The molecule has 9 aromatic carbocycles. The van der Waals surface area contributed by atoms with E-state index >= 15 is 0 Å². The minimum atomic E-state index is -0.140. The Balaban J connectivity index is 1.10. The van der Waals surface area contributed by atoms with Crippen molar-refractivity contribution in [3.05, 3.63) is 193 Å². The zero-order valence-electron chi connectivity index (χ0n) is 43.9. The number of para-hydroxylation sites is 3. The number of nitrogens with zero attached hydrogens (tertiary/aromatic N) is 3. The number of fused-ring (bicyclic) bond motifs is 17. The lowest BCUT2D eigenvalue weighted by Gasteiger charge is -2.43. The van der Waals surface area contributed by atoms with Gasteiger partial charge in [-0.2, -0.15) is 0 Å². The molecule has 0 bridgehead atoms. The molecular weight excluding hydrogens is 934 g/mol. The average Bonchev–Trinajstić information content (AvgIpc) is 4.39. The van der Waals surface area contributed by atoms with E-state index in [1.807, 2.05) is 11.3 Å². The maximum atomic E-state index is 7.46. The summed E-state index contributed by atoms with van der Waals surface area (Å²) in [4.78, 5) is 5.10. The van der Waals surface area contributed by atoms with Gasteiger partial charge >= 0.3 is 0 Å². The summed E-state index contributed by atoms with van der Waals surface area (Å²) in [7, 11) is 0. The van der Waals surface area contributed by atoms with Crippen molar-refractivity contribution in [3.63, 3.8) is 0 Å². The lowest BCUT2D eigenvalue weighted by Crippen LogP contribution is -2.60. The van der Waals surface area contributed by atoms with E-state index in [1.165, 1.54) is 53.9 Å². The highest BCUT2D eigenvalue weighted by Crippen LogP contribution is 2.52. The quantitative estimate of drug-likeness (QED) is 0.165. The van der Waals surface area contributed by atoms with Crippen molar-refractivity contribution in [2.75, 3.05) is 9.80 Å². The Kier molecular flexibility index (Phi) is 9.08. The van der Waals surface area contributed by atoms with Gasteiger partial charge < -0.3 is 23.2 Å². The number of hydrogen-bond donors (Lipinski definition) is 0. The van der Waals surface area contributed by atoms with Crippen LogP contribution in [0.1, 0.15) is 79.0 Å². The van der Waals surface area contributed by atoms with Gasteiger partial charge in [0, 0.05) is 59.2 Å². The third-order valence-electron chi connectivity index (χ3n) is 16.4. The first-order chi connectivity index (χ1) is 36.1. The summed E-state index contributed by atoms with van der Waals surface area (Å²) in [5.41, 5.74) is 20.1. The minimum Gasteiger partial charge on any atom is -0.455 e. The molecule has 5 nitrogen and oxygen atoms in total. The second kappa shape index (κ2) is 15.3. The number of anilines is 6. The van der Waals surface area contributed by atoms with Crippen molar-refractivity contribution in [1.29, 1.82) is 0 Å². The van der Waals surface area contributed by atoms with Crippen molar-refractivity contribution in [1.82, 2.24) is 4.57 Å². The predicted octanol–water partition coefficient (Wildman–Crippen LogP) is 17.8. The molecule has 75 heavy (non-hydrogen) atoms. The van der Waals surface area contributed by atoms with Crippen LogP contribution in [0.25, 0.3) is 81.5 Å². The molecule has 0 unspecified atom stereocenters. The second-order valence-electron chi connectivity index (χ2n) is 24.1. The topological polar surface area (TPSA) is 37.7 Å². The van der Waals surface area contributed by atoms with Crippen molar-refractivity contribution in [2.24, 2.45) is 0 Å². The SMILES string of the molecule is CC(C)(C)c1ccc(N2c3cccc4c3B(c3cc(-n5c6ccccc6c6c7oc8ccccc8c7ccc65)c5c(oc6ccccc65)c3N4c3ccc(C(C)(C)C)cc3)c3sc4ccc(C(C)(C)C)cc4c32)cc1. The molecule has 7 heteroatoms. The number of furan rings is 2. The van der Waals surface area contributed by atoms with Gasteiger partial charge in [-0.15, -0.1) is 11.3 Å². The molecule has 0 fully saturated rings. The highest BCUT2D eigenvalue weighted by molar-refractivity contribution is 7.33. The monoisotopic (exact) mass is 989 g/mol. The molecule has 0 radical (unpaired) electrons. The van der Waals surface area contributed by atoms with Gasteiger partial charge in [0.15, 0.2) is 5.58 Å². The van der Waals surface area contributed by atoms with Gasteiger partial charge in [-0.1, -0.05) is 153 Å². The summed E-state index contributed by atoms with van der Waals surface area (Å²) in [6.07, 6.45) is 0. The fourth-order valence-electron chi connectivity index (χ4n) is 12.7. The van der Waals surface area contributed by atoms with E-state index in [0.717, 1.165) is 94.1 Å². The van der Waals surface area contributed by atoms with Crippen molar-refractivity contribution >= 4 is 144 Å². The Morgan fingerprint density at radius 1 is 0.413 bits per heavy atom. The van der Waals surface area contributed by atoms with Crippen LogP contribution in [0.15, 0.2) is 185 Å². The Bertz CT molecular complexity index is 4550. The van der Waals surface area contributed by atoms with Crippen LogP contribution in [0, 0.1) is 0 Å². The molecule has 4 aromatic heterocycles. The molecule has 6 heterocycles. The highest BCUT2D eigenvalue weighted by atomic mass is 32.1. The van der Waals surface area contributed by atoms with Crippen LogP contribution in [-0.2, 0) is 16.2 Å². The fraction of sp³-hybridized carbons (Fsp3) is 0.176. The van der Waals surface area contributed by atoms with E-state index in [1.54, 1.807) is 0 Å². The zero-order chi connectivity index (χ0) is 51.0. The number of rotatable bonds is 3. The zero-order valence-corrected chi connectivity index (χ0v) is 44.7. The van der Waals surface area contributed by atoms with Crippen LogP contribution in [0.4, 0.5) is 34.1 Å². The van der Waals surface area contributed by atoms with E-state index in [-0.39, 0.29) is 23.0 Å². The van der Waals surface area contributed by atoms with E-state index in [9.17, 15) is 0 Å². The standard InChI is InChI=1S/C68H56BN3O2S/c1-66(2,3)39-25-30-42(31-26-39)70-52-21-16-22-53-60(52)69(65-61(70)48-37-41(68(7,8)9)29-36-57(48)75-65)49-38-54(72-50-20-13-10-18-46(50)58-51(72)35-34-45-44-17-11-14-23-55(44)73-63(45)58)59-47-19-12-15-24-56(47)74-64(59)62(49)71(53)43-32-27-40(28-33-43)67(4,5)6/h10-38H,1-9H3. The molecular formula is C68H56BN3O2S. The normalized spacial score (nSPS) is 13.9. The summed E-state index contributed by atoms with van der Waals surface area (Å²) in [5, 5.41) is 7.94. The van der Waals surface area contributed by atoms with E-state index in [2.05, 4.69) is 253 Å². The molecule has 15 rings (SSSR count). The van der Waals surface area contributed by atoms with Gasteiger partial charge in [-0.3, -0.25) is 0 Å². The maximum absolute atomic E-state index is 7.46. The Morgan fingerprint density at radius 2 is 0.973 bits per heavy atom. The smallest absolute Gasteiger partial charge is 0.264 e. The lowest BCUT2D eigenvalue weighted by atomic mass is 9.36. The molecule has 0 atom stereocenters. The van der Waals surface area contributed by atoms with Crippen LogP contribution >= 0.6 is 11.3 Å². The summed E-state index contributed by atoms with van der Waals surface area (Å²) < 4.78 is 19.4. The third-order valence-corrected chi connectivity index (χ3v) is 17.7. The van der Waals surface area contributed by atoms with Crippen LogP contribution in [0.3, 0.4) is 0 Å². The molecule has 0 saturated carbocycles. The first-order valence-corrected chi connectivity index (χ1v) is 27.3. The second-order valence-corrected chi connectivity index (χ2v) is 25.2. The highest BCUT2D eigenvalue weighted by Gasteiger charge is 2.47. The molecule has 0 N–H and O–H groups in total. The molecule has 0 spiro atoms. The first kappa shape index (κ1) is 44.5. The summed E-state index contributed by atoms with van der Waals surface area (Å²) in [5.74, 6) is 0. The predicted molar refractivity (Wildman–Crippen MR) is 321 cm³/mol. The van der Waals surface area contributed by atoms with Gasteiger partial charge in [-0.25, -0.2) is 0 Å². The number of hydrogen-bond acceptors (Lipinski definition) is 5. The molecule has 2 aliphatic heterocycles. The van der Waals surface area contributed by atoms with E-state index < -0.39 is 0 Å². The Morgan fingerprint density at radius 3 is 1.63 bits per heavy atom. The third kappa shape index (κ3) is 6.31. The number of aromatic nitrogens is 1. The molecule has 2 aliphatic rings. The van der Waals surface area contributed by atoms with Crippen LogP contribution in [0.2, 0.25) is 0 Å². The van der Waals surface area contributed by atoms with Gasteiger partial charge in [-0.05, 0) is 129 Å².